The first-order chi connectivity index (χ1) is 15.2. The maximum absolute atomic E-state index is 12.4. The maximum Gasteiger partial charge on any atom is 0.225 e. The number of hydrogen-bond donors (Lipinski definition) is 1. The van der Waals surface area contributed by atoms with Crippen molar-refractivity contribution < 1.29 is 9.53 Å². The predicted molar refractivity (Wildman–Crippen MR) is 126 cm³/mol. The molecule has 2 aromatic carbocycles. The number of nitrogens with zero attached hydrogens (tertiary/aromatic N) is 3. The van der Waals surface area contributed by atoms with Crippen LogP contribution in [0, 0.1) is 6.92 Å². The van der Waals surface area contributed by atoms with Crippen LogP contribution in [0.1, 0.15) is 17.5 Å². The Bertz CT molecular complexity index is 841. The zero-order valence-corrected chi connectivity index (χ0v) is 18.6. The van der Waals surface area contributed by atoms with E-state index in [4.69, 9.17) is 4.74 Å². The Morgan fingerprint density at radius 3 is 2.29 bits per heavy atom. The van der Waals surface area contributed by atoms with Gasteiger partial charge in [-0.3, -0.25) is 9.69 Å². The van der Waals surface area contributed by atoms with Crippen molar-refractivity contribution in [1.29, 1.82) is 0 Å². The van der Waals surface area contributed by atoms with Gasteiger partial charge in [-0.2, -0.15) is 0 Å². The van der Waals surface area contributed by atoms with Crippen molar-refractivity contribution in [2.45, 2.75) is 19.9 Å². The van der Waals surface area contributed by atoms with Crippen molar-refractivity contribution in [1.82, 2.24) is 9.80 Å². The lowest BCUT2D eigenvalue weighted by Gasteiger charge is -2.34. The summed E-state index contributed by atoms with van der Waals surface area (Å²) in [7, 11) is 0. The molecule has 2 aliphatic rings. The highest BCUT2D eigenvalue weighted by atomic mass is 16.5. The minimum absolute atomic E-state index is 0.0847. The molecule has 1 amide bonds. The number of carbonyl (C=O) groups is 1. The van der Waals surface area contributed by atoms with E-state index in [2.05, 4.69) is 63.3 Å². The van der Waals surface area contributed by atoms with Gasteiger partial charge in [-0.1, -0.05) is 24.3 Å². The Hall–Kier alpha value is -2.41. The van der Waals surface area contributed by atoms with Crippen LogP contribution in [0.5, 0.6) is 0 Å². The zero-order valence-electron chi connectivity index (χ0n) is 18.6. The summed E-state index contributed by atoms with van der Waals surface area (Å²) in [6.07, 6.45) is 0.531. The van der Waals surface area contributed by atoms with E-state index < -0.39 is 0 Å². The summed E-state index contributed by atoms with van der Waals surface area (Å²) in [5.74, 6) is 0.0847. The largest absolute Gasteiger partial charge is 0.378 e. The van der Waals surface area contributed by atoms with Gasteiger partial charge in [-0.05, 0) is 42.3 Å². The van der Waals surface area contributed by atoms with Gasteiger partial charge in [-0.15, -0.1) is 0 Å². The van der Waals surface area contributed by atoms with E-state index in [9.17, 15) is 4.79 Å². The Balaban J connectivity index is 1.16. The van der Waals surface area contributed by atoms with Crippen LogP contribution in [0.3, 0.4) is 0 Å². The van der Waals surface area contributed by atoms with E-state index in [1.54, 1.807) is 0 Å². The van der Waals surface area contributed by atoms with Gasteiger partial charge in [0.15, 0.2) is 0 Å². The molecule has 0 spiro atoms. The third kappa shape index (κ3) is 6.29. The minimum atomic E-state index is 0.0847. The molecular formula is C25H34N4O2. The molecule has 4 rings (SSSR count). The van der Waals surface area contributed by atoms with E-state index >= 15 is 0 Å². The summed E-state index contributed by atoms with van der Waals surface area (Å²) >= 11 is 0. The number of hydrogen-bond acceptors (Lipinski definition) is 5. The topological polar surface area (TPSA) is 48.0 Å². The van der Waals surface area contributed by atoms with Gasteiger partial charge in [0, 0.05) is 70.2 Å². The van der Waals surface area contributed by atoms with E-state index in [0.29, 0.717) is 6.42 Å². The number of ether oxygens (including phenoxy) is 1. The summed E-state index contributed by atoms with van der Waals surface area (Å²) in [4.78, 5) is 19.6. The molecule has 0 radical (unpaired) electrons. The average molecular weight is 423 g/mol. The van der Waals surface area contributed by atoms with Crippen molar-refractivity contribution in [3.05, 3.63) is 59.7 Å². The second-order valence-electron chi connectivity index (χ2n) is 8.49. The first-order valence-corrected chi connectivity index (χ1v) is 11.4. The van der Waals surface area contributed by atoms with E-state index in [0.717, 1.165) is 71.3 Å². The number of aryl methyl sites for hydroxylation is 1. The Morgan fingerprint density at radius 1 is 0.903 bits per heavy atom. The van der Waals surface area contributed by atoms with Crippen molar-refractivity contribution in [2.75, 3.05) is 69.2 Å². The highest BCUT2D eigenvalue weighted by Gasteiger charge is 2.18. The fraction of sp³-hybridized carbons (Fsp3) is 0.480. The highest BCUT2D eigenvalue weighted by molar-refractivity contribution is 5.91. The molecule has 2 heterocycles. The number of piperazine rings is 1. The maximum atomic E-state index is 12.4. The number of morpholine rings is 1. The van der Waals surface area contributed by atoms with E-state index in [-0.39, 0.29) is 5.91 Å². The molecule has 1 N–H and O–H groups in total. The molecule has 2 saturated heterocycles. The molecule has 0 aliphatic carbocycles. The lowest BCUT2D eigenvalue weighted by atomic mass is 10.1. The van der Waals surface area contributed by atoms with Crippen LogP contribution in [-0.2, 0) is 16.1 Å². The molecule has 6 heteroatoms. The second-order valence-corrected chi connectivity index (χ2v) is 8.49. The highest BCUT2D eigenvalue weighted by Crippen LogP contribution is 2.19. The zero-order chi connectivity index (χ0) is 21.5. The summed E-state index contributed by atoms with van der Waals surface area (Å²) in [6.45, 7) is 11.6. The van der Waals surface area contributed by atoms with Gasteiger partial charge in [0.05, 0.1) is 13.2 Å². The van der Waals surface area contributed by atoms with E-state index in [1.807, 2.05) is 12.1 Å². The van der Waals surface area contributed by atoms with Crippen LogP contribution in [0.15, 0.2) is 48.5 Å². The van der Waals surface area contributed by atoms with Crippen LogP contribution in [0.25, 0.3) is 0 Å². The third-order valence-corrected chi connectivity index (χ3v) is 6.30. The lowest BCUT2D eigenvalue weighted by Crippen LogP contribution is -2.46. The average Bonchev–Trinajstić information content (AvgIpc) is 2.81. The van der Waals surface area contributed by atoms with Crippen molar-refractivity contribution in [3.63, 3.8) is 0 Å². The van der Waals surface area contributed by atoms with Gasteiger partial charge in [0.1, 0.15) is 0 Å². The molecule has 2 aromatic rings. The number of anilines is 2. The molecule has 31 heavy (non-hydrogen) atoms. The predicted octanol–water partition coefficient (Wildman–Crippen LogP) is 2.98. The monoisotopic (exact) mass is 422 g/mol. The molecule has 0 unspecified atom stereocenters. The molecule has 0 bridgehead atoms. The normalized spacial score (nSPS) is 18.2. The smallest absolute Gasteiger partial charge is 0.225 e. The fourth-order valence-electron chi connectivity index (χ4n) is 4.26. The van der Waals surface area contributed by atoms with Gasteiger partial charge in [0.2, 0.25) is 5.91 Å². The van der Waals surface area contributed by atoms with Gasteiger partial charge < -0.3 is 19.9 Å². The summed E-state index contributed by atoms with van der Waals surface area (Å²) in [6, 6.07) is 16.8. The SMILES string of the molecule is Cc1ccccc1CN1CCN(CCC(=O)Nc2ccc(N3CCOCC3)cc2)CC1. The minimum Gasteiger partial charge on any atom is -0.378 e. The number of rotatable bonds is 7. The first-order valence-electron chi connectivity index (χ1n) is 11.4. The Kier molecular flexibility index (Phi) is 7.57. The number of nitrogens with one attached hydrogen (secondary N) is 1. The number of amides is 1. The molecule has 2 fully saturated rings. The number of benzene rings is 2. The summed E-state index contributed by atoms with van der Waals surface area (Å²) in [5.41, 5.74) is 4.82. The molecule has 166 valence electrons. The Labute approximate surface area is 185 Å². The molecule has 6 nitrogen and oxygen atoms in total. The Morgan fingerprint density at radius 2 is 1.58 bits per heavy atom. The van der Waals surface area contributed by atoms with Crippen molar-refractivity contribution in [3.8, 4) is 0 Å². The van der Waals surface area contributed by atoms with Crippen LogP contribution < -0.4 is 10.2 Å². The van der Waals surface area contributed by atoms with Crippen molar-refractivity contribution >= 4 is 17.3 Å². The number of carbonyl (C=O) groups excluding carboxylic acids is 1. The standard InChI is InChI=1S/C25H34N4O2/c1-21-4-2-3-5-22(21)20-28-14-12-27(13-15-28)11-10-25(30)26-23-6-8-24(9-7-23)29-16-18-31-19-17-29/h2-9H,10-20H2,1H3,(H,26,30). The molecule has 0 saturated carbocycles. The second kappa shape index (κ2) is 10.8. The first kappa shape index (κ1) is 21.8. The van der Waals surface area contributed by atoms with Gasteiger partial charge in [-0.25, -0.2) is 0 Å². The third-order valence-electron chi connectivity index (χ3n) is 6.30. The summed E-state index contributed by atoms with van der Waals surface area (Å²) in [5, 5.41) is 3.04. The fourth-order valence-corrected chi connectivity index (χ4v) is 4.26. The van der Waals surface area contributed by atoms with Crippen molar-refractivity contribution in [2.24, 2.45) is 0 Å². The lowest BCUT2D eigenvalue weighted by molar-refractivity contribution is -0.116. The van der Waals surface area contributed by atoms with Gasteiger partial charge in [0.25, 0.3) is 0 Å². The van der Waals surface area contributed by atoms with E-state index in [1.165, 1.54) is 16.8 Å². The molecule has 0 aromatic heterocycles. The van der Waals surface area contributed by atoms with Gasteiger partial charge >= 0.3 is 0 Å². The molecular weight excluding hydrogens is 388 g/mol. The molecule has 2 aliphatic heterocycles. The van der Waals surface area contributed by atoms with Crippen LogP contribution in [0.2, 0.25) is 0 Å². The van der Waals surface area contributed by atoms with Crippen LogP contribution >= 0.6 is 0 Å². The summed E-state index contributed by atoms with van der Waals surface area (Å²) < 4.78 is 5.41. The molecule has 0 atom stereocenters. The quantitative estimate of drug-likeness (QED) is 0.743. The van der Waals surface area contributed by atoms with Crippen LogP contribution in [-0.4, -0.2) is 74.7 Å². The van der Waals surface area contributed by atoms with Crippen LogP contribution in [0.4, 0.5) is 11.4 Å².